The van der Waals surface area contributed by atoms with Crippen LogP contribution in [0.15, 0.2) is 18.2 Å². The summed E-state index contributed by atoms with van der Waals surface area (Å²) >= 11 is 0. The molecule has 0 radical (unpaired) electrons. The fourth-order valence-electron chi connectivity index (χ4n) is 3.49. The normalized spacial score (nSPS) is 21.1. The number of hydrogen-bond acceptors (Lipinski definition) is 2. The Morgan fingerprint density at radius 1 is 0.950 bits per heavy atom. The Labute approximate surface area is 123 Å². The summed E-state index contributed by atoms with van der Waals surface area (Å²) < 4.78 is 0. The highest BCUT2D eigenvalue weighted by molar-refractivity contribution is 5.35. The highest BCUT2D eigenvalue weighted by Crippen LogP contribution is 2.26. The second kappa shape index (κ2) is 6.28. The van der Waals surface area contributed by atoms with Crippen LogP contribution < -0.4 is 0 Å². The van der Waals surface area contributed by atoms with Gasteiger partial charge in [0.2, 0.25) is 0 Å². The monoisotopic (exact) mass is 272 g/mol. The van der Waals surface area contributed by atoms with Gasteiger partial charge in [0.15, 0.2) is 0 Å². The van der Waals surface area contributed by atoms with E-state index in [4.69, 9.17) is 0 Å². The zero-order chi connectivity index (χ0) is 13.9. The first-order chi connectivity index (χ1) is 9.72. The molecule has 1 aromatic carbocycles. The summed E-state index contributed by atoms with van der Waals surface area (Å²) in [5.41, 5.74) is 4.61. The average Bonchev–Trinajstić information content (AvgIpc) is 2.69. The molecule has 2 nitrogen and oxygen atoms in total. The summed E-state index contributed by atoms with van der Waals surface area (Å²) in [6.07, 6.45) is 5.60. The average molecular weight is 272 g/mol. The predicted octanol–water partition coefficient (Wildman–Crippen LogP) is 3.79. The second-order valence-electron chi connectivity index (χ2n) is 6.79. The minimum Gasteiger partial charge on any atom is -0.299 e. The Hall–Kier alpha value is -0.860. The van der Waals surface area contributed by atoms with Crippen molar-refractivity contribution in [3.63, 3.8) is 0 Å². The zero-order valence-corrected chi connectivity index (χ0v) is 13.1. The molecule has 0 spiro atoms. The Balaban J connectivity index is 1.66. The molecule has 1 aromatic rings. The first-order valence-corrected chi connectivity index (χ1v) is 8.29. The molecular formula is C18H28N2. The SMILES string of the molecule is CC(C)N1Cc2ccc(CN3CCCCCC3)cc2C1. The smallest absolute Gasteiger partial charge is 0.0243 e. The van der Waals surface area contributed by atoms with Crippen molar-refractivity contribution in [2.75, 3.05) is 13.1 Å². The molecule has 0 N–H and O–H groups in total. The number of likely N-dealkylation sites (tertiary alicyclic amines) is 1. The lowest BCUT2D eigenvalue weighted by Crippen LogP contribution is -2.24. The van der Waals surface area contributed by atoms with Gasteiger partial charge in [0, 0.05) is 25.7 Å². The lowest BCUT2D eigenvalue weighted by atomic mass is 10.1. The van der Waals surface area contributed by atoms with Crippen LogP contribution in [0.3, 0.4) is 0 Å². The molecule has 1 fully saturated rings. The lowest BCUT2D eigenvalue weighted by molar-refractivity contribution is 0.227. The van der Waals surface area contributed by atoms with E-state index in [2.05, 4.69) is 41.8 Å². The number of fused-ring (bicyclic) bond motifs is 1. The molecule has 3 rings (SSSR count). The summed E-state index contributed by atoms with van der Waals surface area (Å²) in [4.78, 5) is 5.20. The molecular weight excluding hydrogens is 244 g/mol. The molecule has 2 aliphatic heterocycles. The number of rotatable bonds is 3. The van der Waals surface area contributed by atoms with Crippen molar-refractivity contribution < 1.29 is 0 Å². The van der Waals surface area contributed by atoms with Gasteiger partial charge in [-0.15, -0.1) is 0 Å². The van der Waals surface area contributed by atoms with Crippen molar-refractivity contribution in [1.82, 2.24) is 9.80 Å². The van der Waals surface area contributed by atoms with Crippen molar-refractivity contribution in [2.45, 2.75) is 65.2 Å². The zero-order valence-electron chi connectivity index (χ0n) is 13.1. The maximum atomic E-state index is 2.64. The second-order valence-corrected chi connectivity index (χ2v) is 6.79. The number of benzene rings is 1. The molecule has 2 heterocycles. The summed E-state index contributed by atoms with van der Waals surface area (Å²) in [6.45, 7) is 10.6. The van der Waals surface area contributed by atoms with Gasteiger partial charge in [-0.3, -0.25) is 9.80 Å². The van der Waals surface area contributed by atoms with Gasteiger partial charge in [-0.2, -0.15) is 0 Å². The van der Waals surface area contributed by atoms with E-state index in [-0.39, 0.29) is 0 Å². The maximum absolute atomic E-state index is 2.64. The van der Waals surface area contributed by atoms with Crippen LogP contribution in [-0.4, -0.2) is 28.9 Å². The van der Waals surface area contributed by atoms with E-state index in [1.54, 1.807) is 11.1 Å². The van der Waals surface area contributed by atoms with Crippen LogP contribution in [0.4, 0.5) is 0 Å². The Morgan fingerprint density at radius 3 is 2.35 bits per heavy atom. The van der Waals surface area contributed by atoms with Gasteiger partial charge in [0.25, 0.3) is 0 Å². The van der Waals surface area contributed by atoms with Gasteiger partial charge in [0.05, 0.1) is 0 Å². The molecule has 0 amide bonds. The van der Waals surface area contributed by atoms with E-state index in [1.165, 1.54) is 44.3 Å². The minimum absolute atomic E-state index is 0.649. The highest BCUT2D eigenvalue weighted by atomic mass is 15.2. The molecule has 1 saturated heterocycles. The fourth-order valence-corrected chi connectivity index (χ4v) is 3.49. The van der Waals surface area contributed by atoms with Crippen LogP contribution in [0, 0.1) is 0 Å². The third kappa shape index (κ3) is 3.24. The Morgan fingerprint density at radius 2 is 1.65 bits per heavy atom. The van der Waals surface area contributed by atoms with Crippen molar-refractivity contribution in [2.24, 2.45) is 0 Å². The molecule has 2 heteroatoms. The highest BCUT2D eigenvalue weighted by Gasteiger charge is 2.21. The van der Waals surface area contributed by atoms with Crippen LogP contribution in [0.1, 0.15) is 56.2 Å². The third-order valence-corrected chi connectivity index (χ3v) is 4.85. The summed E-state index contributed by atoms with van der Waals surface area (Å²) in [6, 6.07) is 7.83. The van der Waals surface area contributed by atoms with Gasteiger partial charge in [-0.25, -0.2) is 0 Å². The minimum atomic E-state index is 0.649. The van der Waals surface area contributed by atoms with Crippen LogP contribution in [0.5, 0.6) is 0 Å². The van der Waals surface area contributed by atoms with Crippen LogP contribution in [0.2, 0.25) is 0 Å². The quantitative estimate of drug-likeness (QED) is 0.826. The molecule has 2 aliphatic rings. The number of nitrogens with zero attached hydrogens (tertiary/aromatic N) is 2. The molecule has 0 aliphatic carbocycles. The first-order valence-electron chi connectivity index (χ1n) is 8.29. The standard InChI is InChI=1S/C18H28N2/c1-15(2)20-13-17-8-7-16(11-18(17)14-20)12-19-9-5-3-4-6-10-19/h7-8,11,15H,3-6,9-10,12-14H2,1-2H3. The topological polar surface area (TPSA) is 6.48 Å². The van der Waals surface area contributed by atoms with Crippen molar-refractivity contribution >= 4 is 0 Å². The summed E-state index contributed by atoms with van der Waals surface area (Å²) in [5.74, 6) is 0. The summed E-state index contributed by atoms with van der Waals surface area (Å²) in [7, 11) is 0. The van der Waals surface area contributed by atoms with Crippen molar-refractivity contribution in [1.29, 1.82) is 0 Å². The molecule has 20 heavy (non-hydrogen) atoms. The predicted molar refractivity (Wildman–Crippen MR) is 84.6 cm³/mol. The van der Waals surface area contributed by atoms with E-state index < -0.39 is 0 Å². The fraction of sp³-hybridized carbons (Fsp3) is 0.667. The van der Waals surface area contributed by atoms with Gasteiger partial charge in [-0.05, 0) is 56.5 Å². The molecule has 0 aromatic heterocycles. The van der Waals surface area contributed by atoms with Crippen molar-refractivity contribution in [3.05, 3.63) is 34.9 Å². The van der Waals surface area contributed by atoms with E-state index >= 15 is 0 Å². The molecule has 0 bridgehead atoms. The van der Waals surface area contributed by atoms with Gasteiger partial charge < -0.3 is 0 Å². The molecule has 0 unspecified atom stereocenters. The van der Waals surface area contributed by atoms with E-state index in [0.29, 0.717) is 6.04 Å². The number of hydrogen-bond donors (Lipinski definition) is 0. The third-order valence-electron chi connectivity index (χ3n) is 4.85. The van der Waals surface area contributed by atoms with Crippen LogP contribution >= 0.6 is 0 Å². The van der Waals surface area contributed by atoms with E-state index in [1.807, 2.05) is 0 Å². The molecule has 110 valence electrons. The van der Waals surface area contributed by atoms with Gasteiger partial charge in [0.1, 0.15) is 0 Å². The van der Waals surface area contributed by atoms with Crippen LogP contribution in [0.25, 0.3) is 0 Å². The Bertz CT molecular complexity index is 445. The largest absolute Gasteiger partial charge is 0.299 e. The van der Waals surface area contributed by atoms with Crippen molar-refractivity contribution in [3.8, 4) is 0 Å². The molecule has 0 atom stereocenters. The van der Waals surface area contributed by atoms with E-state index in [0.717, 1.165) is 19.6 Å². The molecule has 0 saturated carbocycles. The maximum Gasteiger partial charge on any atom is 0.0243 e. The van der Waals surface area contributed by atoms with Gasteiger partial charge >= 0.3 is 0 Å². The van der Waals surface area contributed by atoms with E-state index in [9.17, 15) is 0 Å². The van der Waals surface area contributed by atoms with Gasteiger partial charge in [-0.1, -0.05) is 31.0 Å². The first kappa shape index (κ1) is 14.1. The summed E-state index contributed by atoms with van der Waals surface area (Å²) in [5, 5.41) is 0. The Kier molecular flexibility index (Phi) is 4.42. The lowest BCUT2D eigenvalue weighted by Gasteiger charge is -2.20. The van der Waals surface area contributed by atoms with Crippen LogP contribution in [-0.2, 0) is 19.6 Å².